The average molecular weight is 465 g/mol. The van der Waals surface area contributed by atoms with E-state index in [2.05, 4.69) is 4.74 Å². The van der Waals surface area contributed by atoms with E-state index in [1.54, 1.807) is 4.90 Å². The minimum atomic E-state index is -4.84. The Morgan fingerprint density at radius 3 is 2.35 bits per heavy atom. The summed E-state index contributed by atoms with van der Waals surface area (Å²) >= 11 is 0. The summed E-state index contributed by atoms with van der Waals surface area (Å²) in [4.78, 5) is 16.1. The first kappa shape index (κ1) is 23.8. The monoisotopic (exact) mass is 465 g/mol. The highest BCUT2D eigenvalue weighted by molar-refractivity contribution is 7.89. The molecule has 0 bridgehead atoms. The Kier molecular flexibility index (Phi) is 7.45. The SMILES string of the molecule is CCC1CN(C(=O)CN2CCN(S(=O)(=O)c3ccc(OC(F)(F)F)cc3)CC2)CCO1. The van der Waals surface area contributed by atoms with Gasteiger partial charge in [-0.25, -0.2) is 8.42 Å². The van der Waals surface area contributed by atoms with E-state index in [1.165, 1.54) is 4.31 Å². The second kappa shape index (κ2) is 9.72. The molecule has 1 aromatic rings. The topological polar surface area (TPSA) is 79.4 Å². The van der Waals surface area contributed by atoms with Gasteiger partial charge in [-0.2, -0.15) is 4.31 Å². The Bertz CT molecular complexity index is 856. The van der Waals surface area contributed by atoms with E-state index in [-0.39, 0.29) is 36.5 Å². The number of hydrogen-bond acceptors (Lipinski definition) is 6. The highest BCUT2D eigenvalue weighted by atomic mass is 32.2. The number of hydrogen-bond donors (Lipinski definition) is 0. The lowest BCUT2D eigenvalue weighted by Crippen LogP contribution is -2.53. The van der Waals surface area contributed by atoms with Gasteiger partial charge in [0, 0.05) is 39.3 Å². The largest absolute Gasteiger partial charge is 0.573 e. The number of halogens is 3. The molecule has 1 aromatic carbocycles. The summed E-state index contributed by atoms with van der Waals surface area (Å²) in [6.45, 7) is 5.03. The maximum Gasteiger partial charge on any atom is 0.573 e. The molecule has 0 aliphatic carbocycles. The lowest BCUT2D eigenvalue weighted by Gasteiger charge is -2.36. The fraction of sp³-hybridized carbons (Fsp3) is 0.632. The Hall–Kier alpha value is -1.89. The first-order valence-corrected chi connectivity index (χ1v) is 11.5. The van der Waals surface area contributed by atoms with Crippen LogP contribution in [0.25, 0.3) is 0 Å². The minimum absolute atomic E-state index is 0.00156. The molecule has 8 nitrogen and oxygen atoms in total. The van der Waals surface area contributed by atoms with Gasteiger partial charge in [-0.15, -0.1) is 13.2 Å². The maximum atomic E-state index is 12.8. The molecule has 2 aliphatic rings. The fourth-order valence-electron chi connectivity index (χ4n) is 3.57. The van der Waals surface area contributed by atoms with E-state index in [0.717, 1.165) is 30.7 Å². The van der Waals surface area contributed by atoms with Crippen LogP contribution in [0.4, 0.5) is 13.2 Å². The van der Waals surface area contributed by atoms with Crippen LogP contribution in [0.3, 0.4) is 0 Å². The van der Waals surface area contributed by atoms with Gasteiger partial charge in [0.05, 0.1) is 24.2 Å². The molecule has 2 heterocycles. The van der Waals surface area contributed by atoms with E-state index in [9.17, 15) is 26.4 Å². The van der Waals surface area contributed by atoms with E-state index < -0.39 is 22.1 Å². The third-order valence-corrected chi connectivity index (χ3v) is 7.24. The molecule has 0 aromatic heterocycles. The molecule has 1 atom stereocenters. The number of ether oxygens (including phenoxy) is 2. The first-order valence-electron chi connectivity index (χ1n) is 10.1. The molecule has 3 rings (SSSR count). The number of nitrogens with zero attached hydrogens (tertiary/aromatic N) is 3. The van der Waals surface area contributed by atoms with Gasteiger partial charge < -0.3 is 14.4 Å². The van der Waals surface area contributed by atoms with Crippen LogP contribution in [0.15, 0.2) is 29.2 Å². The van der Waals surface area contributed by atoms with E-state index in [1.807, 2.05) is 11.8 Å². The van der Waals surface area contributed by atoms with Crippen molar-refractivity contribution in [3.63, 3.8) is 0 Å². The molecule has 0 N–H and O–H groups in total. The summed E-state index contributed by atoms with van der Waals surface area (Å²) in [6, 6.07) is 4.13. The average Bonchev–Trinajstić information content (AvgIpc) is 2.73. The predicted octanol–water partition coefficient (Wildman–Crippen LogP) is 1.53. The Labute approximate surface area is 179 Å². The smallest absolute Gasteiger partial charge is 0.406 e. The van der Waals surface area contributed by atoms with Gasteiger partial charge in [0.2, 0.25) is 15.9 Å². The van der Waals surface area contributed by atoms with Crippen LogP contribution in [0.2, 0.25) is 0 Å². The molecule has 31 heavy (non-hydrogen) atoms. The highest BCUT2D eigenvalue weighted by Crippen LogP contribution is 2.25. The predicted molar refractivity (Wildman–Crippen MR) is 105 cm³/mol. The van der Waals surface area contributed by atoms with Crippen molar-refractivity contribution in [2.45, 2.75) is 30.7 Å². The Balaban J connectivity index is 1.53. The summed E-state index contributed by atoms with van der Waals surface area (Å²) in [7, 11) is -3.85. The molecular weight excluding hydrogens is 439 g/mol. The molecule has 0 saturated carbocycles. The van der Waals surface area contributed by atoms with Crippen molar-refractivity contribution >= 4 is 15.9 Å². The van der Waals surface area contributed by atoms with Crippen LogP contribution in [0.1, 0.15) is 13.3 Å². The zero-order valence-electron chi connectivity index (χ0n) is 17.2. The second-order valence-corrected chi connectivity index (χ2v) is 9.38. The van der Waals surface area contributed by atoms with Crippen LogP contribution in [0.5, 0.6) is 5.75 Å². The third-order valence-electron chi connectivity index (χ3n) is 5.33. The van der Waals surface area contributed by atoms with Gasteiger partial charge in [0.1, 0.15) is 5.75 Å². The number of amides is 1. The molecule has 1 unspecified atom stereocenters. The second-order valence-electron chi connectivity index (χ2n) is 7.44. The molecule has 0 spiro atoms. The van der Waals surface area contributed by atoms with E-state index in [4.69, 9.17) is 4.74 Å². The molecule has 1 amide bonds. The summed E-state index contributed by atoms with van der Waals surface area (Å²) < 4.78 is 73.0. The molecule has 2 saturated heterocycles. The van der Waals surface area contributed by atoms with Gasteiger partial charge in [0.25, 0.3) is 0 Å². The van der Waals surface area contributed by atoms with E-state index in [0.29, 0.717) is 32.8 Å². The van der Waals surface area contributed by atoms with Crippen molar-refractivity contribution in [1.82, 2.24) is 14.1 Å². The highest BCUT2D eigenvalue weighted by Gasteiger charge is 2.33. The number of rotatable bonds is 6. The molecule has 0 radical (unpaired) electrons. The minimum Gasteiger partial charge on any atom is -0.406 e. The number of benzene rings is 1. The van der Waals surface area contributed by atoms with Gasteiger partial charge in [-0.05, 0) is 30.7 Å². The number of piperazine rings is 1. The Morgan fingerprint density at radius 2 is 1.77 bits per heavy atom. The summed E-state index contributed by atoms with van der Waals surface area (Å²) in [6.07, 6.45) is -3.95. The number of sulfonamides is 1. The molecule has 12 heteroatoms. The summed E-state index contributed by atoms with van der Waals surface area (Å²) in [5, 5.41) is 0. The van der Waals surface area contributed by atoms with Crippen LogP contribution in [-0.4, -0.2) is 93.3 Å². The van der Waals surface area contributed by atoms with Crippen molar-refractivity contribution in [2.24, 2.45) is 0 Å². The quantitative estimate of drug-likeness (QED) is 0.634. The summed E-state index contributed by atoms with van der Waals surface area (Å²) in [5.74, 6) is -0.485. The van der Waals surface area contributed by atoms with Gasteiger partial charge >= 0.3 is 6.36 Å². The van der Waals surface area contributed by atoms with Crippen LogP contribution in [-0.2, 0) is 19.6 Å². The van der Waals surface area contributed by atoms with Crippen LogP contribution >= 0.6 is 0 Å². The third kappa shape index (κ3) is 6.31. The fourth-order valence-corrected chi connectivity index (χ4v) is 5.00. The Morgan fingerprint density at radius 1 is 1.13 bits per heavy atom. The molecule has 2 fully saturated rings. The molecule has 2 aliphatic heterocycles. The molecule has 174 valence electrons. The zero-order valence-corrected chi connectivity index (χ0v) is 18.0. The lowest BCUT2D eigenvalue weighted by atomic mass is 10.2. The van der Waals surface area contributed by atoms with Gasteiger partial charge in [-0.3, -0.25) is 9.69 Å². The number of alkyl halides is 3. The summed E-state index contributed by atoms with van der Waals surface area (Å²) in [5.41, 5.74) is 0. The molecular formula is C19H26F3N3O5S. The standard InChI is InChI=1S/C19H26F3N3O5S/c1-2-15-13-24(11-12-29-15)18(26)14-23-7-9-25(10-8-23)31(27,28)17-5-3-16(4-6-17)30-19(20,21)22/h3-6,15H,2,7-14H2,1H3. The van der Waals surface area contributed by atoms with Crippen molar-refractivity contribution in [3.8, 4) is 5.75 Å². The normalized spacial score (nSPS) is 21.8. The van der Waals surface area contributed by atoms with E-state index >= 15 is 0 Å². The van der Waals surface area contributed by atoms with Gasteiger partial charge in [0.15, 0.2) is 0 Å². The first-order chi connectivity index (χ1) is 14.6. The van der Waals surface area contributed by atoms with Gasteiger partial charge in [-0.1, -0.05) is 6.92 Å². The number of carbonyl (C=O) groups is 1. The van der Waals surface area contributed by atoms with Crippen LogP contribution in [0, 0.1) is 0 Å². The van der Waals surface area contributed by atoms with Crippen molar-refractivity contribution in [2.75, 3.05) is 52.4 Å². The maximum absolute atomic E-state index is 12.8. The zero-order chi connectivity index (χ0) is 22.6. The number of carbonyl (C=O) groups excluding carboxylic acids is 1. The lowest BCUT2D eigenvalue weighted by molar-refractivity contribution is -0.274. The number of morpholine rings is 1. The van der Waals surface area contributed by atoms with Crippen molar-refractivity contribution < 1.29 is 35.9 Å². The van der Waals surface area contributed by atoms with Crippen LogP contribution < -0.4 is 4.74 Å². The van der Waals surface area contributed by atoms with Crippen molar-refractivity contribution in [3.05, 3.63) is 24.3 Å². The van der Waals surface area contributed by atoms with Crippen molar-refractivity contribution in [1.29, 1.82) is 0 Å².